The lowest BCUT2D eigenvalue weighted by Crippen LogP contribution is -2.33. The number of rotatable bonds is 3. The molecule has 2 nitrogen and oxygen atoms in total. The van der Waals surface area contributed by atoms with Crippen molar-refractivity contribution < 1.29 is 9.84 Å². The lowest BCUT2D eigenvalue weighted by Gasteiger charge is -2.37. The van der Waals surface area contributed by atoms with Crippen LogP contribution >= 0.6 is 15.9 Å². The lowest BCUT2D eigenvalue weighted by molar-refractivity contribution is -0.0389. The average molecular weight is 271 g/mol. The highest BCUT2D eigenvalue weighted by atomic mass is 79.9. The normalized spacial score (nSPS) is 18.3. The second-order valence-corrected chi connectivity index (χ2v) is 4.82. The van der Waals surface area contributed by atoms with E-state index in [1.54, 1.807) is 0 Å². The first-order chi connectivity index (χ1) is 7.15. The Hall–Kier alpha value is -0.540. The fourth-order valence-corrected chi connectivity index (χ4v) is 2.22. The van der Waals surface area contributed by atoms with Crippen LogP contribution < -0.4 is 4.74 Å². The molecule has 2 rings (SSSR count). The molecule has 0 saturated heterocycles. The van der Waals surface area contributed by atoms with E-state index in [-0.39, 0.29) is 0 Å². The van der Waals surface area contributed by atoms with Crippen LogP contribution in [0.1, 0.15) is 31.7 Å². The van der Waals surface area contributed by atoms with E-state index in [0.29, 0.717) is 6.61 Å². The Morgan fingerprint density at radius 2 is 2.20 bits per heavy atom. The summed E-state index contributed by atoms with van der Waals surface area (Å²) in [6, 6.07) is 5.84. The molecule has 1 aliphatic rings. The molecule has 0 spiro atoms. The van der Waals surface area contributed by atoms with Crippen LogP contribution in [0, 0.1) is 0 Å². The number of hydrogen-bond donors (Lipinski definition) is 1. The first-order valence-electron chi connectivity index (χ1n) is 5.31. The molecule has 0 atom stereocenters. The zero-order valence-electron chi connectivity index (χ0n) is 8.79. The van der Waals surface area contributed by atoms with Gasteiger partial charge in [0, 0.05) is 0 Å². The highest BCUT2D eigenvalue weighted by Crippen LogP contribution is 2.43. The molecule has 0 bridgehead atoms. The van der Waals surface area contributed by atoms with Crippen LogP contribution in [0.15, 0.2) is 22.7 Å². The van der Waals surface area contributed by atoms with Gasteiger partial charge in [-0.25, -0.2) is 0 Å². The van der Waals surface area contributed by atoms with E-state index >= 15 is 0 Å². The quantitative estimate of drug-likeness (QED) is 0.914. The molecular formula is C12H15BrO2. The summed E-state index contributed by atoms with van der Waals surface area (Å²) in [4.78, 5) is 0. The second kappa shape index (κ2) is 4.14. The van der Waals surface area contributed by atoms with Crippen LogP contribution in [-0.2, 0) is 5.60 Å². The van der Waals surface area contributed by atoms with E-state index in [9.17, 15) is 5.11 Å². The van der Waals surface area contributed by atoms with Gasteiger partial charge in [0.15, 0.2) is 0 Å². The van der Waals surface area contributed by atoms with Crippen LogP contribution in [0.5, 0.6) is 5.75 Å². The summed E-state index contributed by atoms with van der Waals surface area (Å²) in [6.45, 7) is 2.59. The van der Waals surface area contributed by atoms with Crippen molar-refractivity contribution in [3.05, 3.63) is 28.2 Å². The van der Waals surface area contributed by atoms with E-state index < -0.39 is 5.60 Å². The monoisotopic (exact) mass is 270 g/mol. The van der Waals surface area contributed by atoms with Gasteiger partial charge in [-0.2, -0.15) is 0 Å². The average Bonchev–Trinajstić information content (AvgIpc) is 2.18. The predicted octanol–water partition coefficient (Wildman–Crippen LogP) is 3.22. The van der Waals surface area contributed by atoms with Crippen molar-refractivity contribution in [2.24, 2.45) is 0 Å². The molecule has 0 unspecified atom stereocenters. The first-order valence-corrected chi connectivity index (χ1v) is 6.10. The van der Waals surface area contributed by atoms with E-state index in [2.05, 4.69) is 15.9 Å². The van der Waals surface area contributed by atoms with Gasteiger partial charge < -0.3 is 9.84 Å². The molecule has 0 aliphatic heterocycles. The highest BCUT2D eigenvalue weighted by Gasteiger charge is 2.36. The third kappa shape index (κ3) is 2.04. The number of ether oxygens (including phenoxy) is 1. The van der Waals surface area contributed by atoms with Crippen LogP contribution in [0.25, 0.3) is 0 Å². The van der Waals surface area contributed by atoms with Crippen molar-refractivity contribution in [1.29, 1.82) is 0 Å². The van der Waals surface area contributed by atoms with E-state index in [0.717, 1.165) is 35.0 Å². The third-order valence-electron chi connectivity index (χ3n) is 2.95. The summed E-state index contributed by atoms with van der Waals surface area (Å²) >= 11 is 3.43. The number of hydrogen-bond acceptors (Lipinski definition) is 2. The molecule has 0 radical (unpaired) electrons. The topological polar surface area (TPSA) is 29.5 Å². The molecule has 1 N–H and O–H groups in total. The largest absolute Gasteiger partial charge is 0.493 e. The molecule has 3 heteroatoms. The molecule has 15 heavy (non-hydrogen) atoms. The summed E-state index contributed by atoms with van der Waals surface area (Å²) in [5.41, 5.74) is 0.368. The summed E-state index contributed by atoms with van der Waals surface area (Å²) in [7, 11) is 0. The molecule has 0 aromatic heterocycles. The molecule has 1 aliphatic carbocycles. The van der Waals surface area contributed by atoms with Crippen molar-refractivity contribution in [2.45, 2.75) is 31.8 Å². The SMILES string of the molecule is CCOc1cc(C2(O)CCC2)ccc1Br. The fourth-order valence-electron chi connectivity index (χ4n) is 1.86. The van der Waals surface area contributed by atoms with Gasteiger partial charge in [0.05, 0.1) is 16.7 Å². The van der Waals surface area contributed by atoms with Crippen LogP contribution in [-0.4, -0.2) is 11.7 Å². The van der Waals surface area contributed by atoms with Crippen LogP contribution in [0.3, 0.4) is 0 Å². The van der Waals surface area contributed by atoms with Crippen molar-refractivity contribution in [3.8, 4) is 5.75 Å². The maximum Gasteiger partial charge on any atom is 0.133 e. The van der Waals surface area contributed by atoms with Gasteiger partial charge in [-0.05, 0) is 59.8 Å². The summed E-state index contributed by atoms with van der Waals surface area (Å²) in [5.74, 6) is 0.815. The number of aliphatic hydroxyl groups is 1. The minimum absolute atomic E-state index is 0.605. The van der Waals surface area contributed by atoms with Gasteiger partial charge in [0.25, 0.3) is 0 Å². The van der Waals surface area contributed by atoms with E-state index in [4.69, 9.17) is 4.74 Å². The predicted molar refractivity (Wildman–Crippen MR) is 63.1 cm³/mol. The van der Waals surface area contributed by atoms with Crippen LogP contribution in [0.4, 0.5) is 0 Å². The molecule has 82 valence electrons. The Labute approximate surface area is 98.4 Å². The first kappa shape index (κ1) is 11.0. The van der Waals surface area contributed by atoms with Crippen LogP contribution in [0.2, 0.25) is 0 Å². The van der Waals surface area contributed by atoms with Gasteiger partial charge in [0.2, 0.25) is 0 Å². The standard InChI is InChI=1S/C12H15BrO2/c1-2-15-11-8-9(4-5-10(11)13)12(14)6-3-7-12/h4-5,8,14H,2-3,6-7H2,1H3. The van der Waals surface area contributed by atoms with Crippen molar-refractivity contribution in [2.75, 3.05) is 6.61 Å². The van der Waals surface area contributed by atoms with Crippen molar-refractivity contribution in [3.63, 3.8) is 0 Å². The minimum atomic E-state index is -0.605. The van der Waals surface area contributed by atoms with E-state index in [1.165, 1.54) is 0 Å². The minimum Gasteiger partial charge on any atom is -0.493 e. The molecular weight excluding hydrogens is 256 g/mol. The Kier molecular flexibility index (Phi) is 3.03. The van der Waals surface area contributed by atoms with Gasteiger partial charge in [-0.1, -0.05) is 6.07 Å². The summed E-state index contributed by atoms with van der Waals surface area (Å²) in [6.07, 6.45) is 2.83. The maximum absolute atomic E-state index is 10.2. The maximum atomic E-state index is 10.2. The Bertz CT molecular complexity index is 359. The highest BCUT2D eigenvalue weighted by molar-refractivity contribution is 9.10. The van der Waals surface area contributed by atoms with Gasteiger partial charge in [-0.15, -0.1) is 0 Å². The summed E-state index contributed by atoms with van der Waals surface area (Å²) < 4.78 is 6.42. The zero-order valence-corrected chi connectivity index (χ0v) is 10.4. The molecule has 1 saturated carbocycles. The molecule has 0 amide bonds. The van der Waals surface area contributed by atoms with Gasteiger partial charge in [0.1, 0.15) is 5.75 Å². The summed E-state index contributed by atoms with van der Waals surface area (Å²) in [5, 5.41) is 10.2. The molecule has 1 aromatic carbocycles. The molecule has 1 aromatic rings. The second-order valence-electron chi connectivity index (χ2n) is 3.96. The number of halogens is 1. The fraction of sp³-hybridized carbons (Fsp3) is 0.500. The van der Waals surface area contributed by atoms with Gasteiger partial charge in [-0.3, -0.25) is 0 Å². The molecule has 1 fully saturated rings. The smallest absolute Gasteiger partial charge is 0.133 e. The Morgan fingerprint density at radius 1 is 1.47 bits per heavy atom. The van der Waals surface area contributed by atoms with Crippen molar-refractivity contribution in [1.82, 2.24) is 0 Å². The lowest BCUT2D eigenvalue weighted by atomic mass is 9.75. The van der Waals surface area contributed by atoms with Crippen molar-refractivity contribution >= 4 is 15.9 Å². The Morgan fingerprint density at radius 3 is 2.73 bits per heavy atom. The zero-order chi connectivity index (χ0) is 10.9. The molecule has 0 heterocycles. The van der Waals surface area contributed by atoms with Gasteiger partial charge >= 0.3 is 0 Å². The third-order valence-corrected chi connectivity index (χ3v) is 3.60. The Balaban J connectivity index is 2.29. The number of benzene rings is 1. The van der Waals surface area contributed by atoms with E-state index in [1.807, 2.05) is 25.1 Å².